The number of hydrogen-bond acceptors (Lipinski definition) is 2. The highest BCUT2D eigenvalue weighted by atomic mass is 79.9. The quantitative estimate of drug-likeness (QED) is 0.0410. The van der Waals surface area contributed by atoms with Gasteiger partial charge in [0.15, 0.2) is 0 Å². The molecule has 0 N–H and O–H groups in total. The van der Waals surface area contributed by atoms with Crippen LogP contribution in [0.3, 0.4) is 0 Å². The van der Waals surface area contributed by atoms with Gasteiger partial charge in [0.25, 0.3) is 0 Å². The van der Waals surface area contributed by atoms with Gasteiger partial charge in [-0.1, -0.05) is 216 Å². The number of halogens is 2. The van der Waals surface area contributed by atoms with Crippen LogP contribution in [0.1, 0.15) is 201 Å². The number of rotatable bonds is 30. The van der Waals surface area contributed by atoms with Crippen LogP contribution in [0.5, 0.6) is 0 Å². The van der Waals surface area contributed by atoms with Crippen LogP contribution in [-0.4, -0.2) is 17.0 Å². The predicted molar refractivity (Wildman–Crippen MR) is 196 cm³/mol. The molecular formula is C36H73Br2S2-. The first-order valence-corrected chi connectivity index (χ1v) is 20.0. The van der Waals surface area contributed by atoms with Gasteiger partial charge in [0.1, 0.15) is 0 Å². The van der Waals surface area contributed by atoms with Gasteiger partial charge < -0.3 is 17.0 Å². The number of unbranched alkanes of at least 4 members (excludes halogenated alkanes) is 26. The molecule has 0 aliphatic heterocycles. The molecule has 0 atom stereocenters. The Morgan fingerprint density at radius 1 is 0.475 bits per heavy atom. The van der Waals surface area contributed by atoms with E-state index in [0.717, 1.165) is 0 Å². The molecule has 0 spiro atoms. The van der Waals surface area contributed by atoms with Crippen molar-refractivity contribution >= 4 is 45.8 Å². The number of thiocarbonyl (C=S) groups is 1. The maximum absolute atomic E-state index is 3.92. The van der Waals surface area contributed by atoms with E-state index in [4.69, 9.17) is 0 Å². The van der Waals surface area contributed by atoms with Gasteiger partial charge in [0, 0.05) is 5.33 Å². The van der Waals surface area contributed by atoms with Gasteiger partial charge in [0.05, 0.1) is 0 Å². The van der Waals surface area contributed by atoms with E-state index in [-0.39, 0.29) is 17.0 Å². The van der Waals surface area contributed by atoms with E-state index in [1.165, 1.54) is 196 Å². The zero-order valence-electron chi connectivity index (χ0n) is 27.7. The smallest absolute Gasteiger partial charge is 0.00313 e. The molecule has 244 valence electrons. The highest BCUT2D eigenvalue weighted by Crippen LogP contribution is 2.17. The molecule has 0 rings (SSSR count). The summed E-state index contributed by atoms with van der Waals surface area (Å²) in [6, 6.07) is 0. The minimum absolute atomic E-state index is 0. The van der Waals surface area contributed by atoms with E-state index in [9.17, 15) is 0 Å². The molecular weight excluding hydrogens is 656 g/mol. The van der Waals surface area contributed by atoms with Crippen LogP contribution in [0, 0.1) is 0 Å². The zero-order valence-corrected chi connectivity index (χ0v) is 32.5. The molecule has 0 aliphatic rings. The summed E-state index contributed by atoms with van der Waals surface area (Å²) in [4.78, 5) is 1.26. The Bertz CT molecular complexity index is 404. The summed E-state index contributed by atoms with van der Waals surface area (Å²) in [5.41, 5.74) is 0. The van der Waals surface area contributed by atoms with Crippen LogP contribution >= 0.6 is 39.9 Å². The first kappa shape index (κ1) is 48.1. The lowest BCUT2D eigenvalue weighted by Gasteiger charge is -2.03. The maximum Gasteiger partial charge on any atom is 0.00313 e. The molecule has 4 heteroatoms. The molecule has 0 saturated heterocycles. The summed E-state index contributed by atoms with van der Waals surface area (Å²) in [6.45, 7) is 10.6. The summed E-state index contributed by atoms with van der Waals surface area (Å²) in [6.07, 6.45) is 40.5. The van der Waals surface area contributed by atoms with Crippen molar-refractivity contribution in [2.45, 2.75) is 201 Å². The van der Waals surface area contributed by atoms with Gasteiger partial charge in [-0.2, -0.15) is 0 Å². The molecule has 0 aromatic heterocycles. The Kier molecular flexibility index (Phi) is 59.8. The molecule has 0 amide bonds. The average Bonchev–Trinajstić information content (AvgIpc) is 2.95. The standard InChI is InChI=1S/C19H38S.C16H33Br.CH2S.BrH/c1-4-5-6-7-8-9-10-11-12-13-14-15-16-17-18-20-19(2)3;1-2-3-4-5-6-7-8-9-10-11-12-13-14-15-16-17;1-2;/h2,4-18H2,1,3H3;2-16H2,1H3;1H2;1H/p-1. The van der Waals surface area contributed by atoms with Crippen LogP contribution in [0.4, 0.5) is 0 Å². The summed E-state index contributed by atoms with van der Waals surface area (Å²) in [7, 11) is 0. The normalized spacial score (nSPS) is 10.2. The number of allylic oxidation sites excluding steroid dienone is 1. The SMILES string of the molecule is C=C(C)SCCCCCCCCCCCCCCCC.C=S.CCCCCCCCCCCCCCCCBr.[Br-]. The predicted octanol–water partition coefficient (Wildman–Crippen LogP) is 12.2. The molecule has 0 aromatic carbocycles. The topological polar surface area (TPSA) is 0 Å². The molecule has 0 heterocycles. The van der Waals surface area contributed by atoms with Crippen molar-refractivity contribution < 1.29 is 17.0 Å². The second kappa shape index (κ2) is 49.8. The Balaban J connectivity index is -0.000000301. The molecule has 0 nitrogen and oxygen atoms in total. The van der Waals surface area contributed by atoms with Crippen molar-refractivity contribution in [1.29, 1.82) is 0 Å². The van der Waals surface area contributed by atoms with Gasteiger partial charge in [-0.15, -0.1) is 11.8 Å². The number of thioether (sulfide) groups is 1. The fraction of sp³-hybridized carbons (Fsp3) is 0.917. The molecule has 0 bridgehead atoms. The summed E-state index contributed by atoms with van der Waals surface area (Å²) < 4.78 is 0. The Hall–Kier alpha value is 1.14. The van der Waals surface area contributed by atoms with Crippen LogP contribution in [-0.2, 0) is 0 Å². The number of hydrogen-bond donors (Lipinski definition) is 0. The van der Waals surface area contributed by atoms with Crippen molar-refractivity contribution in [3.8, 4) is 0 Å². The fourth-order valence-electron chi connectivity index (χ4n) is 4.83. The summed E-state index contributed by atoms with van der Waals surface area (Å²) in [5, 5.41) is 1.19. The second-order valence-corrected chi connectivity index (χ2v) is 13.6. The molecule has 0 unspecified atom stereocenters. The van der Waals surface area contributed by atoms with Gasteiger partial charge in [-0.05, 0) is 36.3 Å². The lowest BCUT2D eigenvalue weighted by Crippen LogP contribution is -3.00. The van der Waals surface area contributed by atoms with Gasteiger partial charge in [0.2, 0.25) is 0 Å². The minimum Gasteiger partial charge on any atom is -1.00 e. The third-order valence-corrected chi connectivity index (χ3v) is 8.88. The van der Waals surface area contributed by atoms with E-state index in [1.54, 1.807) is 0 Å². The monoisotopic (exact) mass is 727 g/mol. The van der Waals surface area contributed by atoms with Crippen molar-refractivity contribution in [3.05, 3.63) is 11.5 Å². The third-order valence-electron chi connectivity index (χ3n) is 7.33. The fourth-order valence-corrected chi connectivity index (χ4v) is 5.93. The van der Waals surface area contributed by atoms with Crippen molar-refractivity contribution in [2.75, 3.05) is 11.1 Å². The largest absolute Gasteiger partial charge is 1.00 e. The van der Waals surface area contributed by atoms with E-state index in [2.05, 4.69) is 61.4 Å². The summed E-state index contributed by atoms with van der Waals surface area (Å²) >= 11 is 9.24. The third kappa shape index (κ3) is 55.1. The van der Waals surface area contributed by atoms with Crippen LogP contribution in [0.15, 0.2) is 11.5 Å². The van der Waals surface area contributed by atoms with Crippen LogP contribution < -0.4 is 17.0 Å². The van der Waals surface area contributed by atoms with Crippen molar-refractivity contribution in [2.24, 2.45) is 0 Å². The first-order chi connectivity index (χ1) is 19.2. The molecule has 0 aromatic rings. The lowest BCUT2D eigenvalue weighted by atomic mass is 10.0. The Labute approximate surface area is 284 Å². The lowest BCUT2D eigenvalue weighted by molar-refractivity contribution is -0.00000843. The van der Waals surface area contributed by atoms with E-state index < -0.39 is 0 Å². The summed E-state index contributed by atoms with van der Waals surface area (Å²) in [5.74, 6) is 4.10. The average molecular weight is 730 g/mol. The Morgan fingerprint density at radius 2 is 0.700 bits per heavy atom. The highest BCUT2D eigenvalue weighted by molar-refractivity contribution is 9.09. The van der Waals surface area contributed by atoms with Gasteiger partial charge in [-0.25, -0.2) is 0 Å². The first-order valence-electron chi connectivity index (χ1n) is 17.3. The van der Waals surface area contributed by atoms with E-state index in [0.29, 0.717) is 0 Å². The molecule has 0 fully saturated rings. The van der Waals surface area contributed by atoms with Crippen molar-refractivity contribution in [3.63, 3.8) is 0 Å². The van der Waals surface area contributed by atoms with Crippen molar-refractivity contribution in [1.82, 2.24) is 0 Å². The van der Waals surface area contributed by atoms with Gasteiger partial charge >= 0.3 is 0 Å². The van der Waals surface area contributed by atoms with Gasteiger partial charge in [-0.3, -0.25) is 0 Å². The molecule has 0 aliphatic carbocycles. The highest BCUT2D eigenvalue weighted by Gasteiger charge is 1.95. The molecule has 0 saturated carbocycles. The maximum atomic E-state index is 3.92. The second-order valence-electron chi connectivity index (χ2n) is 11.4. The zero-order chi connectivity index (χ0) is 29.5. The minimum atomic E-state index is 0. The molecule has 0 radical (unpaired) electrons. The van der Waals surface area contributed by atoms with Crippen LogP contribution in [0.2, 0.25) is 0 Å². The number of alkyl halides is 1. The molecule has 40 heavy (non-hydrogen) atoms. The Morgan fingerprint density at radius 3 is 0.925 bits per heavy atom. The van der Waals surface area contributed by atoms with Crippen LogP contribution in [0.25, 0.3) is 0 Å². The van der Waals surface area contributed by atoms with E-state index in [1.807, 2.05) is 11.8 Å². The van der Waals surface area contributed by atoms with E-state index >= 15 is 0 Å².